The van der Waals surface area contributed by atoms with E-state index in [-0.39, 0.29) is 22.1 Å². The third-order valence-electron chi connectivity index (χ3n) is 2.99. The van der Waals surface area contributed by atoms with Gasteiger partial charge in [0.25, 0.3) is 0 Å². The fraction of sp³-hybridized carbons (Fsp3) is 0.133. The third kappa shape index (κ3) is 4.44. The molecule has 0 saturated heterocycles. The summed E-state index contributed by atoms with van der Waals surface area (Å²) in [6.07, 6.45) is 0. The van der Waals surface area contributed by atoms with Crippen LogP contribution >= 0.6 is 11.6 Å². The summed E-state index contributed by atoms with van der Waals surface area (Å²) in [4.78, 5) is 11.9. The van der Waals surface area contributed by atoms with Crippen molar-refractivity contribution in [2.75, 3.05) is 7.11 Å². The molecule has 6 nitrogen and oxygen atoms in total. The zero-order chi connectivity index (χ0) is 17.0. The summed E-state index contributed by atoms with van der Waals surface area (Å²) in [7, 11) is -2.40. The van der Waals surface area contributed by atoms with Gasteiger partial charge in [0.1, 0.15) is 12.4 Å². The number of methoxy groups -OCH3 is 1. The van der Waals surface area contributed by atoms with Crippen LogP contribution in [-0.4, -0.2) is 21.5 Å². The monoisotopic (exact) mass is 355 g/mol. The standard InChI is InChI=1S/C15H14ClNO5S/c1-21-11-4-2-3-10(7-11)9-22-15(18)13-8-12(23(17,19)20)5-6-14(13)16/h2-8H,9H2,1H3,(H2,17,19,20). The molecule has 0 aromatic heterocycles. The summed E-state index contributed by atoms with van der Waals surface area (Å²) in [6, 6.07) is 10.6. The van der Waals surface area contributed by atoms with Crippen molar-refractivity contribution in [1.82, 2.24) is 0 Å². The van der Waals surface area contributed by atoms with E-state index in [2.05, 4.69) is 0 Å². The maximum Gasteiger partial charge on any atom is 0.340 e. The van der Waals surface area contributed by atoms with Gasteiger partial charge >= 0.3 is 5.97 Å². The van der Waals surface area contributed by atoms with Crippen LogP contribution in [0.15, 0.2) is 47.4 Å². The number of sulfonamides is 1. The Balaban J connectivity index is 2.17. The molecule has 2 N–H and O–H groups in total. The number of carbonyl (C=O) groups excluding carboxylic acids is 1. The van der Waals surface area contributed by atoms with Crippen LogP contribution in [0.25, 0.3) is 0 Å². The van der Waals surface area contributed by atoms with Crippen LogP contribution in [0.4, 0.5) is 0 Å². The highest BCUT2D eigenvalue weighted by Crippen LogP contribution is 2.21. The third-order valence-corrected chi connectivity index (χ3v) is 4.23. The average Bonchev–Trinajstić information content (AvgIpc) is 2.52. The molecule has 2 aromatic rings. The zero-order valence-corrected chi connectivity index (χ0v) is 13.7. The Kier molecular flexibility index (Phi) is 5.25. The van der Waals surface area contributed by atoms with Gasteiger partial charge in [-0.25, -0.2) is 18.4 Å². The highest BCUT2D eigenvalue weighted by Gasteiger charge is 2.17. The highest BCUT2D eigenvalue weighted by atomic mass is 35.5. The molecule has 0 aliphatic carbocycles. The zero-order valence-electron chi connectivity index (χ0n) is 12.2. The van der Waals surface area contributed by atoms with Crippen LogP contribution in [0, 0.1) is 0 Å². The van der Waals surface area contributed by atoms with Gasteiger partial charge in [-0.05, 0) is 35.9 Å². The highest BCUT2D eigenvalue weighted by molar-refractivity contribution is 7.89. The van der Waals surface area contributed by atoms with Crippen LogP contribution in [0.3, 0.4) is 0 Å². The lowest BCUT2D eigenvalue weighted by Gasteiger charge is -2.08. The van der Waals surface area contributed by atoms with Crippen molar-refractivity contribution in [3.05, 3.63) is 58.6 Å². The minimum Gasteiger partial charge on any atom is -0.497 e. The SMILES string of the molecule is COc1cccc(COC(=O)c2cc(S(N)(=O)=O)ccc2Cl)c1. The van der Waals surface area contributed by atoms with E-state index in [1.165, 1.54) is 19.2 Å². The predicted octanol–water partition coefficient (Wildman–Crippen LogP) is 2.35. The van der Waals surface area contributed by atoms with Crippen LogP contribution in [-0.2, 0) is 21.4 Å². The number of nitrogens with two attached hydrogens (primary N) is 1. The van der Waals surface area contributed by atoms with E-state index in [4.69, 9.17) is 26.2 Å². The van der Waals surface area contributed by atoms with E-state index in [1.54, 1.807) is 24.3 Å². The maximum atomic E-state index is 12.1. The molecule has 2 rings (SSSR count). The van der Waals surface area contributed by atoms with Gasteiger partial charge in [-0.1, -0.05) is 23.7 Å². The molecule has 8 heteroatoms. The van der Waals surface area contributed by atoms with Crippen molar-refractivity contribution in [2.24, 2.45) is 5.14 Å². The second kappa shape index (κ2) is 6.99. The normalized spacial score (nSPS) is 11.1. The van der Waals surface area contributed by atoms with E-state index in [1.807, 2.05) is 0 Å². The summed E-state index contributed by atoms with van der Waals surface area (Å²) < 4.78 is 32.9. The molecule has 0 aliphatic heterocycles. The second-order valence-electron chi connectivity index (χ2n) is 4.61. The van der Waals surface area contributed by atoms with Gasteiger partial charge < -0.3 is 9.47 Å². The number of benzene rings is 2. The lowest BCUT2D eigenvalue weighted by molar-refractivity contribution is 0.0472. The quantitative estimate of drug-likeness (QED) is 0.830. The molecule has 23 heavy (non-hydrogen) atoms. The van der Waals surface area contributed by atoms with Gasteiger partial charge in [0, 0.05) is 0 Å². The van der Waals surface area contributed by atoms with Crippen molar-refractivity contribution < 1.29 is 22.7 Å². The number of hydrogen-bond acceptors (Lipinski definition) is 5. The Morgan fingerprint density at radius 2 is 1.96 bits per heavy atom. The Hall–Kier alpha value is -2.09. The van der Waals surface area contributed by atoms with Crippen molar-refractivity contribution in [1.29, 1.82) is 0 Å². The number of rotatable bonds is 5. The minimum atomic E-state index is -3.93. The van der Waals surface area contributed by atoms with Gasteiger partial charge in [0.15, 0.2) is 0 Å². The summed E-state index contributed by atoms with van der Waals surface area (Å²) >= 11 is 5.91. The average molecular weight is 356 g/mol. The smallest absolute Gasteiger partial charge is 0.340 e. The van der Waals surface area contributed by atoms with Crippen LogP contribution in [0.1, 0.15) is 15.9 Å². The minimum absolute atomic E-state index is 0.00797. The Morgan fingerprint density at radius 1 is 1.22 bits per heavy atom. The predicted molar refractivity (Wildman–Crippen MR) is 84.9 cm³/mol. The van der Waals surface area contributed by atoms with Crippen molar-refractivity contribution in [3.63, 3.8) is 0 Å². The summed E-state index contributed by atoms with van der Waals surface area (Å²) in [5.41, 5.74) is 0.650. The van der Waals surface area contributed by atoms with Crippen LogP contribution in [0.5, 0.6) is 5.75 Å². The number of halogens is 1. The molecule has 2 aromatic carbocycles. The topological polar surface area (TPSA) is 95.7 Å². The Bertz CT molecular complexity index is 836. The van der Waals surface area contributed by atoms with E-state index < -0.39 is 16.0 Å². The number of primary sulfonamides is 1. The molecule has 0 atom stereocenters. The molecule has 0 aliphatic rings. The molecular formula is C15H14ClNO5S. The molecule has 0 unspecified atom stereocenters. The van der Waals surface area contributed by atoms with E-state index >= 15 is 0 Å². The van der Waals surface area contributed by atoms with E-state index in [0.717, 1.165) is 11.6 Å². The Morgan fingerprint density at radius 3 is 2.61 bits per heavy atom. The largest absolute Gasteiger partial charge is 0.497 e. The van der Waals surface area contributed by atoms with Gasteiger partial charge in [0.05, 0.1) is 22.6 Å². The molecular weight excluding hydrogens is 342 g/mol. The number of hydrogen-bond donors (Lipinski definition) is 1. The van der Waals surface area contributed by atoms with Crippen molar-refractivity contribution >= 4 is 27.6 Å². The molecule has 0 saturated carbocycles. The fourth-order valence-corrected chi connectivity index (χ4v) is 2.56. The van der Waals surface area contributed by atoms with Gasteiger partial charge in [-0.2, -0.15) is 0 Å². The molecule has 0 bridgehead atoms. The number of esters is 1. The van der Waals surface area contributed by atoms with Gasteiger partial charge in [0.2, 0.25) is 10.0 Å². The van der Waals surface area contributed by atoms with Gasteiger partial charge in [-0.15, -0.1) is 0 Å². The maximum absolute atomic E-state index is 12.1. The first kappa shape index (κ1) is 17.3. The fourth-order valence-electron chi connectivity index (χ4n) is 1.83. The van der Waals surface area contributed by atoms with Crippen LogP contribution < -0.4 is 9.88 Å². The summed E-state index contributed by atoms with van der Waals surface area (Å²) in [6.45, 7) is -0.00797. The van der Waals surface area contributed by atoms with E-state index in [9.17, 15) is 13.2 Å². The molecule has 0 radical (unpaired) electrons. The lowest BCUT2D eigenvalue weighted by Crippen LogP contribution is -2.14. The van der Waals surface area contributed by atoms with E-state index in [0.29, 0.717) is 5.75 Å². The second-order valence-corrected chi connectivity index (χ2v) is 6.58. The first-order valence-electron chi connectivity index (χ1n) is 6.43. The first-order valence-corrected chi connectivity index (χ1v) is 8.36. The lowest BCUT2D eigenvalue weighted by atomic mass is 10.2. The Labute approximate surface area is 138 Å². The summed E-state index contributed by atoms with van der Waals surface area (Å²) in [5, 5.41) is 5.11. The molecule has 0 amide bonds. The number of ether oxygens (including phenoxy) is 2. The summed E-state index contributed by atoms with van der Waals surface area (Å²) in [5.74, 6) is -0.115. The first-order chi connectivity index (χ1) is 10.8. The van der Waals surface area contributed by atoms with Crippen molar-refractivity contribution in [3.8, 4) is 5.75 Å². The molecule has 122 valence electrons. The van der Waals surface area contributed by atoms with Crippen molar-refractivity contribution in [2.45, 2.75) is 11.5 Å². The van der Waals surface area contributed by atoms with Gasteiger partial charge in [-0.3, -0.25) is 0 Å². The van der Waals surface area contributed by atoms with Crippen LogP contribution in [0.2, 0.25) is 5.02 Å². The molecule has 0 heterocycles. The molecule has 0 fully saturated rings. The number of carbonyl (C=O) groups is 1. The molecule has 0 spiro atoms.